The predicted molar refractivity (Wildman–Crippen MR) is 55.0 cm³/mol. The van der Waals surface area contributed by atoms with Crippen LogP contribution in [-0.2, 0) is 4.79 Å². The Morgan fingerprint density at radius 3 is 2.50 bits per heavy atom. The number of nitrogens with zero attached hydrogens (tertiary/aromatic N) is 1. The molecular weight excluding hydrogens is 180 g/mol. The highest BCUT2D eigenvalue weighted by molar-refractivity contribution is 5.66. The zero-order valence-corrected chi connectivity index (χ0v) is 8.58. The van der Waals surface area contributed by atoms with Crippen LogP contribution >= 0.6 is 0 Å². The molecular formula is C10H16N2O2. The minimum Gasteiger partial charge on any atom is -0.481 e. The van der Waals surface area contributed by atoms with Gasteiger partial charge in [-0.25, -0.2) is 0 Å². The molecule has 0 aliphatic heterocycles. The Kier molecular flexibility index (Phi) is 3.56. The van der Waals surface area contributed by atoms with Gasteiger partial charge in [-0.3, -0.25) is 9.47 Å². The molecule has 0 unspecified atom stereocenters. The van der Waals surface area contributed by atoms with Crippen molar-refractivity contribution in [1.29, 1.82) is 0 Å². The van der Waals surface area contributed by atoms with Crippen molar-refractivity contribution >= 4 is 5.97 Å². The third-order valence-corrected chi connectivity index (χ3v) is 2.11. The van der Waals surface area contributed by atoms with Gasteiger partial charge in [-0.1, -0.05) is 0 Å². The number of aryl methyl sites for hydroxylation is 2. The molecule has 0 aliphatic carbocycles. The van der Waals surface area contributed by atoms with Crippen molar-refractivity contribution in [2.75, 3.05) is 12.0 Å². The SMILES string of the molecule is Cc1ccc(C)n1NCCCC(=O)O. The lowest BCUT2D eigenvalue weighted by Crippen LogP contribution is -2.19. The van der Waals surface area contributed by atoms with E-state index in [0.29, 0.717) is 13.0 Å². The Morgan fingerprint density at radius 2 is 2.00 bits per heavy atom. The molecule has 1 aromatic heterocycles. The summed E-state index contributed by atoms with van der Waals surface area (Å²) < 4.78 is 1.97. The summed E-state index contributed by atoms with van der Waals surface area (Å²) in [6.45, 7) is 4.71. The number of rotatable bonds is 5. The fraction of sp³-hybridized carbons (Fsp3) is 0.500. The summed E-state index contributed by atoms with van der Waals surface area (Å²) in [6.07, 6.45) is 0.860. The Bertz CT molecular complexity index is 298. The number of nitrogens with one attached hydrogen (secondary N) is 1. The molecule has 14 heavy (non-hydrogen) atoms. The van der Waals surface area contributed by atoms with E-state index >= 15 is 0 Å². The quantitative estimate of drug-likeness (QED) is 0.702. The van der Waals surface area contributed by atoms with Crippen molar-refractivity contribution < 1.29 is 9.90 Å². The van der Waals surface area contributed by atoms with E-state index in [0.717, 1.165) is 11.4 Å². The largest absolute Gasteiger partial charge is 0.481 e. The molecule has 1 heterocycles. The fourth-order valence-corrected chi connectivity index (χ4v) is 1.35. The van der Waals surface area contributed by atoms with Crippen LogP contribution in [-0.4, -0.2) is 22.3 Å². The highest BCUT2D eigenvalue weighted by Gasteiger charge is 2.00. The van der Waals surface area contributed by atoms with E-state index in [-0.39, 0.29) is 6.42 Å². The highest BCUT2D eigenvalue weighted by atomic mass is 16.4. The summed E-state index contributed by atoms with van der Waals surface area (Å²) in [6, 6.07) is 4.05. The van der Waals surface area contributed by atoms with E-state index in [1.807, 2.05) is 30.7 Å². The lowest BCUT2D eigenvalue weighted by molar-refractivity contribution is -0.137. The molecule has 0 saturated carbocycles. The van der Waals surface area contributed by atoms with E-state index < -0.39 is 5.97 Å². The Labute approximate surface area is 83.5 Å². The number of carbonyl (C=O) groups is 1. The highest BCUT2D eigenvalue weighted by Crippen LogP contribution is 2.03. The second kappa shape index (κ2) is 4.69. The van der Waals surface area contributed by atoms with Crippen molar-refractivity contribution in [1.82, 2.24) is 4.68 Å². The number of hydrogen-bond acceptors (Lipinski definition) is 2. The summed E-state index contributed by atoms with van der Waals surface area (Å²) in [7, 11) is 0. The molecule has 0 atom stereocenters. The van der Waals surface area contributed by atoms with Crippen molar-refractivity contribution in [3.63, 3.8) is 0 Å². The van der Waals surface area contributed by atoms with E-state index in [2.05, 4.69) is 5.43 Å². The normalized spacial score (nSPS) is 10.1. The Morgan fingerprint density at radius 1 is 1.43 bits per heavy atom. The molecule has 0 aliphatic rings. The van der Waals surface area contributed by atoms with Crippen LogP contribution < -0.4 is 5.43 Å². The van der Waals surface area contributed by atoms with E-state index in [9.17, 15) is 4.79 Å². The van der Waals surface area contributed by atoms with E-state index in [1.165, 1.54) is 0 Å². The minimum absolute atomic E-state index is 0.215. The molecule has 4 nitrogen and oxygen atoms in total. The smallest absolute Gasteiger partial charge is 0.303 e. The molecule has 0 radical (unpaired) electrons. The van der Waals surface area contributed by atoms with Gasteiger partial charge in [0.2, 0.25) is 0 Å². The second-order valence-electron chi connectivity index (χ2n) is 3.36. The van der Waals surface area contributed by atoms with Gasteiger partial charge in [0, 0.05) is 24.4 Å². The zero-order chi connectivity index (χ0) is 10.6. The van der Waals surface area contributed by atoms with Gasteiger partial charge in [0.25, 0.3) is 0 Å². The van der Waals surface area contributed by atoms with Crippen LogP contribution in [0.3, 0.4) is 0 Å². The summed E-state index contributed by atoms with van der Waals surface area (Å²) in [5, 5.41) is 8.45. The first-order chi connectivity index (χ1) is 6.61. The lowest BCUT2D eigenvalue weighted by Gasteiger charge is -2.11. The monoisotopic (exact) mass is 196 g/mol. The molecule has 1 rings (SSSR count). The van der Waals surface area contributed by atoms with E-state index in [4.69, 9.17) is 5.11 Å². The standard InChI is InChI=1S/C10H16N2O2/c1-8-5-6-9(2)12(8)11-7-3-4-10(13)14/h5-6,11H,3-4,7H2,1-2H3,(H,13,14). The Hall–Kier alpha value is -1.45. The van der Waals surface area contributed by atoms with Crippen LogP contribution in [0.15, 0.2) is 12.1 Å². The van der Waals surface area contributed by atoms with Crippen LogP contribution in [0.4, 0.5) is 0 Å². The van der Waals surface area contributed by atoms with Gasteiger partial charge in [0.15, 0.2) is 0 Å². The van der Waals surface area contributed by atoms with Crippen molar-refractivity contribution in [2.45, 2.75) is 26.7 Å². The van der Waals surface area contributed by atoms with Crippen molar-refractivity contribution in [3.8, 4) is 0 Å². The van der Waals surface area contributed by atoms with E-state index in [1.54, 1.807) is 0 Å². The topological polar surface area (TPSA) is 54.3 Å². The number of carboxylic acid groups (broad SMARTS) is 1. The molecule has 4 heteroatoms. The zero-order valence-electron chi connectivity index (χ0n) is 8.58. The summed E-state index contributed by atoms with van der Waals surface area (Å²) in [5.41, 5.74) is 5.44. The maximum atomic E-state index is 10.3. The molecule has 78 valence electrons. The molecule has 0 bridgehead atoms. The molecule has 0 saturated heterocycles. The number of carboxylic acids is 1. The fourth-order valence-electron chi connectivity index (χ4n) is 1.35. The predicted octanol–water partition coefficient (Wildman–Crippen LogP) is 1.51. The number of aliphatic carboxylic acids is 1. The summed E-state index contributed by atoms with van der Waals surface area (Å²) >= 11 is 0. The first kappa shape index (κ1) is 10.6. The van der Waals surface area contributed by atoms with Gasteiger partial charge in [0.05, 0.1) is 0 Å². The van der Waals surface area contributed by atoms with Crippen LogP contribution in [0.2, 0.25) is 0 Å². The van der Waals surface area contributed by atoms with Crippen LogP contribution in [0.25, 0.3) is 0 Å². The molecule has 2 N–H and O–H groups in total. The third-order valence-electron chi connectivity index (χ3n) is 2.11. The van der Waals surface area contributed by atoms with Gasteiger partial charge in [-0.15, -0.1) is 0 Å². The molecule has 0 amide bonds. The molecule has 0 aromatic carbocycles. The first-order valence-electron chi connectivity index (χ1n) is 4.72. The van der Waals surface area contributed by atoms with Gasteiger partial charge in [-0.05, 0) is 32.4 Å². The van der Waals surface area contributed by atoms with Crippen LogP contribution in [0.5, 0.6) is 0 Å². The van der Waals surface area contributed by atoms with Crippen LogP contribution in [0, 0.1) is 13.8 Å². The van der Waals surface area contributed by atoms with Gasteiger partial charge >= 0.3 is 5.97 Å². The van der Waals surface area contributed by atoms with Crippen molar-refractivity contribution in [2.24, 2.45) is 0 Å². The van der Waals surface area contributed by atoms with Gasteiger partial charge in [-0.2, -0.15) is 0 Å². The maximum Gasteiger partial charge on any atom is 0.303 e. The van der Waals surface area contributed by atoms with Gasteiger partial charge in [0.1, 0.15) is 0 Å². The maximum absolute atomic E-state index is 10.3. The average molecular weight is 196 g/mol. The summed E-state index contributed by atoms with van der Waals surface area (Å²) in [5.74, 6) is -0.743. The third kappa shape index (κ3) is 2.80. The number of hydrogen-bond donors (Lipinski definition) is 2. The van der Waals surface area contributed by atoms with Gasteiger partial charge < -0.3 is 10.5 Å². The molecule has 1 aromatic rings. The minimum atomic E-state index is -0.743. The number of aromatic nitrogens is 1. The molecule has 0 spiro atoms. The first-order valence-corrected chi connectivity index (χ1v) is 4.72. The second-order valence-corrected chi connectivity index (χ2v) is 3.36. The molecule has 0 fully saturated rings. The average Bonchev–Trinajstić information content (AvgIpc) is 2.42. The summed E-state index contributed by atoms with van der Waals surface area (Å²) in [4.78, 5) is 10.3. The van der Waals surface area contributed by atoms with Crippen molar-refractivity contribution in [3.05, 3.63) is 23.5 Å². The van der Waals surface area contributed by atoms with Crippen LogP contribution in [0.1, 0.15) is 24.2 Å². The lowest BCUT2D eigenvalue weighted by atomic mass is 10.3. The Balaban J connectivity index is 2.34.